The molecule has 4 nitrogen and oxygen atoms in total. The minimum Gasteiger partial charge on any atom is -0.312 e. The summed E-state index contributed by atoms with van der Waals surface area (Å²) in [5, 5.41) is 1.24. The fourth-order valence-electron chi connectivity index (χ4n) is 2.75. The van der Waals surface area contributed by atoms with Crippen LogP contribution < -0.4 is 0 Å². The van der Waals surface area contributed by atoms with Crippen molar-refractivity contribution in [3.05, 3.63) is 11.5 Å². The molecule has 0 N–H and O–H groups in total. The predicted molar refractivity (Wildman–Crippen MR) is 83.5 cm³/mol. The van der Waals surface area contributed by atoms with Crippen LogP contribution in [0.25, 0.3) is 11.2 Å². The minimum absolute atomic E-state index is 0.475. The van der Waals surface area contributed by atoms with E-state index in [1.54, 1.807) is 11.8 Å². The van der Waals surface area contributed by atoms with Gasteiger partial charge in [-0.3, -0.25) is 0 Å². The van der Waals surface area contributed by atoms with Gasteiger partial charge in [-0.15, -0.1) is 0 Å². The van der Waals surface area contributed by atoms with Gasteiger partial charge in [0.25, 0.3) is 0 Å². The molecule has 0 saturated heterocycles. The van der Waals surface area contributed by atoms with E-state index < -0.39 is 0 Å². The van der Waals surface area contributed by atoms with Gasteiger partial charge in [-0.05, 0) is 19.3 Å². The van der Waals surface area contributed by atoms with Crippen LogP contribution in [0.1, 0.15) is 51.5 Å². The maximum Gasteiger partial charge on any atom is 0.191 e. The topological polar surface area (TPSA) is 43.6 Å². The molecule has 2 aromatic heterocycles. The van der Waals surface area contributed by atoms with Crippen molar-refractivity contribution in [2.45, 2.75) is 56.6 Å². The van der Waals surface area contributed by atoms with Crippen LogP contribution in [0.15, 0.2) is 11.5 Å². The SMILES string of the molecule is CCCSc1nc(Cl)c2ncn(C3CCCCC3)c2n1. The quantitative estimate of drug-likeness (QED) is 0.474. The number of aromatic nitrogens is 4. The van der Waals surface area contributed by atoms with E-state index in [-0.39, 0.29) is 0 Å². The first-order valence-electron chi connectivity index (χ1n) is 7.32. The van der Waals surface area contributed by atoms with Gasteiger partial charge < -0.3 is 4.57 Å². The van der Waals surface area contributed by atoms with Crippen LogP contribution >= 0.6 is 23.4 Å². The number of rotatable bonds is 4. The Kier molecular flexibility index (Phi) is 4.46. The maximum atomic E-state index is 6.25. The lowest BCUT2D eigenvalue weighted by Crippen LogP contribution is -2.12. The molecule has 2 aromatic rings. The highest BCUT2D eigenvalue weighted by molar-refractivity contribution is 7.99. The summed E-state index contributed by atoms with van der Waals surface area (Å²) in [6, 6.07) is 0.517. The van der Waals surface area contributed by atoms with E-state index in [9.17, 15) is 0 Å². The van der Waals surface area contributed by atoms with E-state index in [0.29, 0.717) is 11.2 Å². The Hall–Kier alpha value is -0.810. The number of nitrogens with zero attached hydrogens (tertiary/aromatic N) is 4. The van der Waals surface area contributed by atoms with E-state index in [1.165, 1.54) is 32.1 Å². The Bertz CT molecular complexity index is 592. The van der Waals surface area contributed by atoms with Crippen molar-refractivity contribution in [1.29, 1.82) is 0 Å². The molecule has 108 valence electrons. The van der Waals surface area contributed by atoms with E-state index in [4.69, 9.17) is 11.6 Å². The Balaban J connectivity index is 1.98. The highest BCUT2D eigenvalue weighted by Gasteiger charge is 2.20. The average Bonchev–Trinajstić information content (AvgIpc) is 2.90. The molecule has 1 aliphatic carbocycles. The third-order valence-electron chi connectivity index (χ3n) is 3.76. The van der Waals surface area contributed by atoms with E-state index >= 15 is 0 Å². The van der Waals surface area contributed by atoms with Crippen molar-refractivity contribution in [3.8, 4) is 0 Å². The third kappa shape index (κ3) is 2.79. The van der Waals surface area contributed by atoms with Crippen LogP contribution in [-0.2, 0) is 0 Å². The monoisotopic (exact) mass is 310 g/mol. The van der Waals surface area contributed by atoms with Crippen molar-refractivity contribution in [2.24, 2.45) is 0 Å². The molecule has 0 bridgehead atoms. The minimum atomic E-state index is 0.475. The summed E-state index contributed by atoms with van der Waals surface area (Å²) < 4.78 is 2.21. The van der Waals surface area contributed by atoms with E-state index in [1.807, 2.05) is 6.33 Å². The van der Waals surface area contributed by atoms with Crippen LogP contribution in [0.5, 0.6) is 0 Å². The Morgan fingerprint density at radius 3 is 2.85 bits per heavy atom. The molecule has 6 heteroatoms. The number of fused-ring (bicyclic) bond motifs is 1. The van der Waals surface area contributed by atoms with Gasteiger partial charge in [0, 0.05) is 11.8 Å². The van der Waals surface area contributed by atoms with Gasteiger partial charge >= 0.3 is 0 Å². The molecule has 1 saturated carbocycles. The summed E-state index contributed by atoms with van der Waals surface area (Å²) in [6.45, 7) is 2.15. The summed E-state index contributed by atoms with van der Waals surface area (Å²) in [7, 11) is 0. The van der Waals surface area contributed by atoms with Crippen LogP contribution in [0.2, 0.25) is 5.15 Å². The number of hydrogen-bond donors (Lipinski definition) is 0. The van der Waals surface area contributed by atoms with Crippen LogP contribution in [0.4, 0.5) is 0 Å². The fraction of sp³-hybridized carbons (Fsp3) is 0.643. The number of halogens is 1. The molecule has 1 aliphatic rings. The molecular formula is C14H19ClN4S. The first-order valence-corrected chi connectivity index (χ1v) is 8.69. The smallest absolute Gasteiger partial charge is 0.191 e. The molecule has 0 atom stereocenters. The number of hydrogen-bond acceptors (Lipinski definition) is 4. The lowest BCUT2D eigenvalue weighted by molar-refractivity contribution is 0.358. The summed E-state index contributed by atoms with van der Waals surface area (Å²) in [6.07, 6.45) is 9.34. The fourth-order valence-corrected chi connectivity index (χ4v) is 3.70. The molecule has 2 heterocycles. The molecule has 1 fully saturated rings. The van der Waals surface area contributed by atoms with Gasteiger partial charge in [0.05, 0.1) is 6.33 Å². The van der Waals surface area contributed by atoms with E-state index in [0.717, 1.165) is 28.5 Å². The number of thioether (sulfide) groups is 1. The van der Waals surface area contributed by atoms with Gasteiger partial charge in [-0.1, -0.05) is 49.5 Å². The maximum absolute atomic E-state index is 6.25. The van der Waals surface area contributed by atoms with Crippen molar-refractivity contribution in [1.82, 2.24) is 19.5 Å². The zero-order valence-corrected chi connectivity index (χ0v) is 13.3. The molecule has 3 rings (SSSR count). The zero-order chi connectivity index (χ0) is 13.9. The first kappa shape index (κ1) is 14.1. The number of imidazole rings is 1. The van der Waals surface area contributed by atoms with Gasteiger partial charge in [-0.25, -0.2) is 15.0 Å². The zero-order valence-electron chi connectivity index (χ0n) is 11.7. The molecular weight excluding hydrogens is 292 g/mol. The Morgan fingerprint density at radius 2 is 2.10 bits per heavy atom. The standard InChI is InChI=1S/C14H19ClN4S/c1-2-8-20-14-17-12(15)11-13(18-14)19(9-16-11)10-6-4-3-5-7-10/h9-10H,2-8H2,1H3. The second-order valence-corrected chi connectivity index (χ2v) is 6.68. The summed E-state index contributed by atoms with van der Waals surface area (Å²) in [5.74, 6) is 1.01. The van der Waals surface area contributed by atoms with Crippen molar-refractivity contribution >= 4 is 34.5 Å². The first-order chi connectivity index (χ1) is 9.79. The van der Waals surface area contributed by atoms with Crippen LogP contribution in [-0.4, -0.2) is 25.3 Å². The summed E-state index contributed by atoms with van der Waals surface area (Å²) in [4.78, 5) is 13.4. The van der Waals surface area contributed by atoms with Gasteiger partial charge in [0.15, 0.2) is 16.0 Å². The summed E-state index contributed by atoms with van der Waals surface area (Å²) in [5.41, 5.74) is 1.63. The second-order valence-electron chi connectivity index (χ2n) is 5.26. The highest BCUT2D eigenvalue weighted by atomic mass is 35.5. The van der Waals surface area contributed by atoms with Gasteiger partial charge in [-0.2, -0.15) is 0 Å². The molecule has 0 aliphatic heterocycles. The second kappa shape index (κ2) is 6.31. The molecule has 0 amide bonds. The normalized spacial score (nSPS) is 16.9. The predicted octanol–water partition coefficient (Wildman–Crippen LogP) is 4.49. The lowest BCUT2D eigenvalue weighted by atomic mass is 9.95. The van der Waals surface area contributed by atoms with E-state index in [2.05, 4.69) is 26.4 Å². The average molecular weight is 311 g/mol. The van der Waals surface area contributed by atoms with Crippen LogP contribution in [0, 0.1) is 0 Å². The molecule has 0 aromatic carbocycles. The lowest BCUT2D eigenvalue weighted by Gasteiger charge is -2.23. The third-order valence-corrected chi connectivity index (χ3v) is 5.08. The van der Waals surface area contributed by atoms with Crippen molar-refractivity contribution < 1.29 is 0 Å². The van der Waals surface area contributed by atoms with Crippen LogP contribution in [0.3, 0.4) is 0 Å². The summed E-state index contributed by atoms with van der Waals surface area (Å²) >= 11 is 7.91. The van der Waals surface area contributed by atoms with Crippen molar-refractivity contribution in [2.75, 3.05) is 5.75 Å². The Morgan fingerprint density at radius 1 is 1.30 bits per heavy atom. The molecule has 0 spiro atoms. The molecule has 0 unspecified atom stereocenters. The van der Waals surface area contributed by atoms with Gasteiger partial charge in [0.1, 0.15) is 5.52 Å². The molecule has 0 radical (unpaired) electrons. The van der Waals surface area contributed by atoms with Crippen molar-refractivity contribution in [3.63, 3.8) is 0 Å². The van der Waals surface area contributed by atoms with Gasteiger partial charge in [0.2, 0.25) is 0 Å². The highest BCUT2D eigenvalue weighted by Crippen LogP contribution is 2.32. The molecule has 20 heavy (non-hydrogen) atoms. The Labute approximate surface area is 128 Å². The largest absolute Gasteiger partial charge is 0.312 e.